The van der Waals surface area contributed by atoms with Crippen LogP contribution in [0, 0.1) is 6.92 Å². The molecule has 3 N–H and O–H groups in total. The van der Waals surface area contributed by atoms with E-state index >= 15 is 0 Å². The Hall–Kier alpha value is -1.22. The fraction of sp³-hybridized carbons (Fsp3) is 0.400. The summed E-state index contributed by atoms with van der Waals surface area (Å²) < 4.78 is 3.88. The molecule has 5 nitrogen and oxygen atoms in total. The highest BCUT2D eigenvalue weighted by molar-refractivity contribution is 14.0. The van der Waals surface area contributed by atoms with Crippen molar-refractivity contribution in [3.63, 3.8) is 0 Å². The molecule has 1 unspecified atom stereocenters. The van der Waals surface area contributed by atoms with E-state index < -0.39 is 0 Å². The van der Waals surface area contributed by atoms with Crippen LogP contribution in [-0.2, 0) is 6.54 Å². The van der Waals surface area contributed by atoms with E-state index in [9.17, 15) is 0 Å². The van der Waals surface area contributed by atoms with Crippen LogP contribution >= 0.6 is 35.5 Å². The minimum Gasteiger partial charge on any atom is -0.370 e. The van der Waals surface area contributed by atoms with Crippen LogP contribution in [0.3, 0.4) is 0 Å². The molecule has 0 spiro atoms. The molecule has 0 fully saturated rings. The van der Waals surface area contributed by atoms with Crippen LogP contribution in [0.25, 0.3) is 0 Å². The van der Waals surface area contributed by atoms with E-state index in [0.717, 1.165) is 22.7 Å². The molecule has 0 saturated heterocycles. The molecule has 7 heteroatoms. The van der Waals surface area contributed by atoms with Crippen molar-refractivity contribution >= 4 is 47.2 Å². The molecule has 22 heavy (non-hydrogen) atoms. The molecular weight excluding hydrogens is 409 g/mol. The normalized spacial score (nSPS) is 12.6. The van der Waals surface area contributed by atoms with Gasteiger partial charge in [0.25, 0.3) is 0 Å². The summed E-state index contributed by atoms with van der Waals surface area (Å²) in [5.41, 5.74) is 9.10. The third-order valence-electron chi connectivity index (χ3n) is 3.50. The van der Waals surface area contributed by atoms with Crippen LogP contribution in [0.2, 0.25) is 0 Å². The monoisotopic (exact) mass is 431 g/mol. The summed E-state index contributed by atoms with van der Waals surface area (Å²) in [6.45, 7) is 6.85. The Morgan fingerprint density at radius 1 is 1.36 bits per heavy atom. The highest BCUT2D eigenvalue weighted by atomic mass is 127. The minimum absolute atomic E-state index is 0. The van der Waals surface area contributed by atoms with Crippen molar-refractivity contribution in [3.05, 3.63) is 40.4 Å². The van der Waals surface area contributed by atoms with Crippen molar-refractivity contribution in [3.8, 4) is 0 Å². The number of benzene rings is 1. The summed E-state index contributed by atoms with van der Waals surface area (Å²) in [4.78, 5) is 5.34. The Morgan fingerprint density at radius 3 is 2.59 bits per heavy atom. The topological polar surface area (TPSA) is 76.2 Å². The second-order valence-corrected chi connectivity index (χ2v) is 5.88. The van der Waals surface area contributed by atoms with Crippen LogP contribution in [0.15, 0.2) is 29.3 Å². The van der Waals surface area contributed by atoms with E-state index in [1.54, 1.807) is 0 Å². The van der Waals surface area contributed by atoms with Gasteiger partial charge in [-0.25, -0.2) is 4.99 Å². The summed E-state index contributed by atoms with van der Waals surface area (Å²) in [5.74, 6) is 0.978. The van der Waals surface area contributed by atoms with Crippen molar-refractivity contribution in [2.24, 2.45) is 10.7 Å². The van der Waals surface area contributed by atoms with Gasteiger partial charge in [0.15, 0.2) is 5.96 Å². The second-order valence-electron chi connectivity index (χ2n) is 5.04. The van der Waals surface area contributed by atoms with Crippen LogP contribution in [-0.4, -0.2) is 15.5 Å². The maximum atomic E-state index is 5.90. The lowest BCUT2D eigenvalue weighted by atomic mass is 9.99. The van der Waals surface area contributed by atoms with Gasteiger partial charge in [-0.15, -0.1) is 29.1 Å². The maximum Gasteiger partial charge on any atom is 0.193 e. The largest absolute Gasteiger partial charge is 0.370 e. The lowest BCUT2D eigenvalue weighted by Crippen LogP contribution is -2.22. The number of halogens is 1. The Kier molecular flexibility index (Phi) is 7.74. The Balaban J connectivity index is 0.00000242. The van der Waals surface area contributed by atoms with Gasteiger partial charge in [0.05, 0.1) is 17.1 Å². The van der Waals surface area contributed by atoms with Crippen LogP contribution in [0.5, 0.6) is 0 Å². The Labute approximate surface area is 152 Å². The molecule has 0 aliphatic carbocycles. The first-order valence-electron chi connectivity index (χ1n) is 7.05. The minimum atomic E-state index is 0. The zero-order valence-corrected chi connectivity index (χ0v) is 16.2. The number of anilines is 1. The molecule has 1 heterocycles. The average Bonchev–Trinajstić information content (AvgIpc) is 2.90. The van der Waals surface area contributed by atoms with E-state index in [4.69, 9.17) is 5.73 Å². The van der Waals surface area contributed by atoms with Crippen LogP contribution < -0.4 is 11.1 Å². The average molecular weight is 431 g/mol. The van der Waals surface area contributed by atoms with E-state index in [2.05, 4.69) is 45.9 Å². The summed E-state index contributed by atoms with van der Waals surface area (Å²) >= 11 is 1.35. The number of rotatable bonds is 5. The first kappa shape index (κ1) is 18.8. The zero-order valence-electron chi connectivity index (χ0n) is 13.0. The molecule has 0 aliphatic rings. The van der Waals surface area contributed by atoms with Gasteiger partial charge < -0.3 is 11.1 Å². The van der Waals surface area contributed by atoms with Crippen molar-refractivity contribution in [2.75, 3.05) is 5.32 Å². The van der Waals surface area contributed by atoms with E-state index in [1.807, 2.05) is 19.1 Å². The van der Waals surface area contributed by atoms with E-state index in [-0.39, 0.29) is 24.0 Å². The summed E-state index contributed by atoms with van der Waals surface area (Å²) in [7, 11) is 0. The Bertz CT molecular complexity index is 609. The Morgan fingerprint density at radius 2 is 2.05 bits per heavy atom. The van der Waals surface area contributed by atoms with Gasteiger partial charge in [-0.05, 0) is 48.5 Å². The molecule has 2 aromatic rings. The molecule has 1 aromatic carbocycles. The van der Waals surface area contributed by atoms with Gasteiger partial charge in [0.1, 0.15) is 0 Å². The lowest BCUT2D eigenvalue weighted by molar-refractivity contribution is 0.734. The van der Waals surface area contributed by atoms with Crippen molar-refractivity contribution < 1.29 is 0 Å². The van der Waals surface area contributed by atoms with Gasteiger partial charge in [-0.3, -0.25) is 0 Å². The van der Waals surface area contributed by atoms with Crippen molar-refractivity contribution in [1.82, 2.24) is 9.59 Å². The number of nitrogens with zero attached hydrogens (tertiary/aromatic N) is 3. The standard InChI is InChI=1S/C15H21N5S.HI/c1-4-10(2)12-5-7-13(8-6-12)18-15(16)17-9-14-11(3)19-20-21-14;/h5-8,10H,4,9H2,1-3H3,(H3,16,17,18);1H. The third-order valence-corrected chi connectivity index (χ3v) is 4.31. The molecule has 2 rings (SSSR count). The zero-order chi connectivity index (χ0) is 15.2. The summed E-state index contributed by atoms with van der Waals surface area (Å²) in [6, 6.07) is 8.31. The number of guanidine groups is 1. The molecule has 0 bridgehead atoms. The maximum absolute atomic E-state index is 5.90. The highest BCUT2D eigenvalue weighted by Gasteiger charge is 2.04. The molecule has 0 amide bonds. The van der Waals surface area contributed by atoms with E-state index in [1.165, 1.54) is 17.1 Å². The lowest BCUT2D eigenvalue weighted by Gasteiger charge is -2.10. The number of nitrogens with one attached hydrogen (secondary N) is 1. The number of hydrogen-bond acceptors (Lipinski definition) is 4. The van der Waals surface area contributed by atoms with Gasteiger partial charge in [0.2, 0.25) is 0 Å². The fourth-order valence-electron chi connectivity index (χ4n) is 1.87. The van der Waals surface area contributed by atoms with Gasteiger partial charge in [-0.1, -0.05) is 30.5 Å². The smallest absolute Gasteiger partial charge is 0.193 e. The summed E-state index contributed by atoms with van der Waals surface area (Å²) in [5, 5.41) is 7.05. The molecule has 1 aromatic heterocycles. The predicted octanol–water partition coefficient (Wildman–Crippen LogP) is 3.90. The number of aliphatic imine (C=N–C) groups is 1. The first-order chi connectivity index (χ1) is 10.1. The highest BCUT2D eigenvalue weighted by Crippen LogP contribution is 2.20. The fourth-order valence-corrected chi connectivity index (χ4v) is 2.43. The van der Waals surface area contributed by atoms with Gasteiger partial charge >= 0.3 is 0 Å². The van der Waals surface area contributed by atoms with Gasteiger partial charge in [-0.2, -0.15) is 0 Å². The predicted molar refractivity (Wildman–Crippen MR) is 104 cm³/mol. The van der Waals surface area contributed by atoms with Crippen LogP contribution in [0.1, 0.15) is 42.3 Å². The molecule has 1 atom stereocenters. The molecule has 0 saturated carbocycles. The van der Waals surface area contributed by atoms with Crippen molar-refractivity contribution in [1.29, 1.82) is 0 Å². The van der Waals surface area contributed by atoms with Crippen LogP contribution in [0.4, 0.5) is 5.69 Å². The molecular formula is C15H22IN5S. The molecule has 0 aliphatic heterocycles. The number of nitrogens with two attached hydrogens (primary N) is 1. The summed E-state index contributed by atoms with van der Waals surface area (Å²) in [6.07, 6.45) is 1.14. The third kappa shape index (κ3) is 5.20. The number of aryl methyl sites for hydroxylation is 1. The SMILES string of the molecule is CCC(C)c1ccc(NC(N)=NCc2snnc2C)cc1.I. The molecule has 0 radical (unpaired) electrons. The molecule has 120 valence electrons. The second kappa shape index (κ2) is 9.04. The van der Waals surface area contributed by atoms with Gasteiger partial charge in [0, 0.05) is 5.69 Å². The first-order valence-corrected chi connectivity index (χ1v) is 7.82. The van der Waals surface area contributed by atoms with E-state index in [0.29, 0.717) is 18.4 Å². The quantitative estimate of drug-likeness (QED) is 0.428. The number of aromatic nitrogens is 2. The van der Waals surface area contributed by atoms with Crippen molar-refractivity contribution in [2.45, 2.75) is 39.7 Å². The number of hydrogen-bond donors (Lipinski definition) is 2.